The molecule has 2 heteroatoms. The predicted molar refractivity (Wildman–Crippen MR) is 81.3 cm³/mol. The molecule has 0 unspecified atom stereocenters. The molecule has 0 N–H and O–H groups in total. The number of hydrogen-bond acceptors (Lipinski definition) is 2. The molecular formula is C17H25NO. The van der Waals surface area contributed by atoms with E-state index in [9.17, 15) is 4.79 Å². The second kappa shape index (κ2) is 9.37. The number of nitrogens with zero attached hydrogens (tertiary/aromatic N) is 1. The van der Waals surface area contributed by atoms with Gasteiger partial charge in [0.1, 0.15) is 0 Å². The molecule has 19 heavy (non-hydrogen) atoms. The Morgan fingerprint density at radius 3 is 2.16 bits per heavy atom. The van der Waals surface area contributed by atoms with Gasteiger partial charge in [-0.1, -0.05) is 57.0 Å². The summed E-state index contributed by atoms with van der Waals surface area (Å²) in [6.07, 6.45) is 8.37. The van der Waals surface area contributed by atoms with Crippen molar-refractivity contribution in [2.75, 3.05) is 13.1 Å². The zero-order chi connectivity index (χ0) is 13.9. The molecule has 1 aromatic carbocycles. The van der Waals surface area contributed by atoms with Crippen molar-refractivity contribution in [2.45, 2.75) is 39.5 Å². The molecule has 0 heterocycles. The van der Waals surface area contributed by atoms with Crippen LogP contribution in [0.2, 0.25) is 0 Å². The smallest absolute Gasteiger partial charge is 0.187 e. The number of ketones is 1. The lowest BCUT2D eigenvalue weighted by Gasteiger charge is -2.19. The van der Waals surface area contributed by atoms with E-state index in [2.05, 4.69) is 18.7 Å². The molecule has 1 aromatic rings. The molecule has 0 aromatic heterocycles. The summed E-state index contributed by atoms with van der Waals surface area (Å²) in [5.41, 5.74) is 0.754. The summed E-state index contributed by atoms with van der Waals surface area (Å²) in [6.45, 7) is 6.46. The summed E-state index contributed by atoms with van der Waals surface area (Å²) >= 11 is 0. The Bertz CT molecular complexity index is 376. The van der Waals surface area contributed by atoms with Crippen LogP contribution in [-0.2, 0) is 0 Å². The van der Waals surface area contributed by atoms with Gasteiger partial charge in [-0.15, -0.1) is 0 Å². The molecule has 0 aliphatic heterocycles. The Labute approximate surface area is 117 Å². The Balaban J connectivity index is 2.56. The average molecular weight is 259 g/mol. The van der Waals surface area contributed by atoms with Gasteiger partial charge in [0.2, 0.25) is 0 Å². The molecule has 1 rings (SSSR count). The number of carbonyl (C=O) groups excluding carboxylic acids is 1. The van der Waals surface area contributed by atoms with Crippen LogP contribution in [0.4, 0.5) is 0 Å². The number of carbonyl (C=O) groups is 1. The summed E-state index contributed by atoms with van der Waals surface area (Å²) in [5.74, 6) is 0.0820. The third kappa shape index (κ3) is 6.23. The second-order valence-electron chi connectivity index (χ2n) is 4.79. The molecule has 0 spiro atoms. The molecule has 0 radical (unpaired) electrons. The van der Waals surface area contributed by atoms with E-state index in [0.29, 0.717) is 0 Å². The van der Waals surface area contributed by atoms with E-state index in [1.807, 2.05) is 36.5 Å². The molecule has 0 amide bonds. The fourth-order valence-electron chi connectivity index (χ4n) is 1.86. The summed E-state index contributed by atoms with van der Waals surface area (Å²) in [5, 5.41) is 0. The highest BCUT2D eigenvalue weighted by atomic mass is 16.1. The minimum Gasteiger partial charge on any atom is -0.377 e. The Morgan fingerprint density at radius 1 is 1.05 bits per heavy atom. The minimum absolute atomic E-state index is 0.0820. The van der Waals surface area contributed by atoms with Gasteiger partial charge in [-0.05, 0) is 12.8 Å². The first-order chi connectivity index (χ1) is 9.27. The maximum Gasteiger partial charge on any atom is 0.187 e. The molecule has 0 aliphatic rings. The highest BCUT2D eigenvalue weighted by molar-refractivity contribution is 6.04. The highest BCUT2D eigenvalue weighted by Crippen LogP contribution is 2.04. The standard InChI is InChI=1S/C17H25NO/c1-3-5-13-18(14-6-4-2)15-12-17(19)16-10-8-7-9-11-16/h7-12,15H,3-6,13-14H2,1-2H3/b15-12+. The van der Waals surface area contributed by atoms with Gasteiger partial charge in [0, 0.05) is 30.9 Å². The first-order valence-corrected chi connectivity index (χ1v) is 7.29. The van der Waals surface area contributed by atoms with Crippen molar-refractivity contribution in [1.82, 2.24) is 4.90 Å². The topological polar surface area (TPSA) is 20.3 Å². The molecule has 0 fully saturated rings. The van der Waals surface area contributed by atoms with Crippen LogP contribution in [0, 0.1) is 0 Å². The van der Waals surface area contributed by atoms with Crippen molar-refractivity contribution >= 4 is 5.78 Å². The van der Waals surface area contributed by atoms with Crippen molar-refractivity contribution < 1.29 is 4.79 Å². The van der Waals surface area contributed by atoms with Crippen LogP contribution in [0.1, 0.15) is 49.9 Å². The van der Waals surface area contributed by atoms with Gasteiger partial charge in [0.25, 0.3) is 0 Å². The van der Waals surface area contributed by atoms with Gasteiger partial charge in [-0.3, -0.25) is 4.79 Å². The van der Waals surface area contributed by atoms with Crippen LogP contribution in [0.15, 0.2) is 42.6 Å². The minimum atomic E-state index is 0.0820. The number of rotatable bonds is 9. The molecule has 0 bridgehead atoms. The lowest BCUT2D eigenvalue weighted by Crippen LogP contribution is -2.20. The quantitative estimate of drug-likeness (QED) is 0.487. The lowest BCUT2D eigenvalue weighted by atomic mass is 10.1. The number of hydrogen-bond donors (Lipinski definition) is 0. The van der Waals surface area contributed by atoms with Crippen molar-refractivity contribution in [3.63, 3.8) is 0 Å². The van der Waals surface area contributed by atoms with Crippen LogP contribution in [0.3, 0.4) is 0 Å². The summed E-state index contributed by atoms with van der Waals surface area (Å²) in [4.78, 5) is 14.2. The number of benzene rings is 1. The van der Waals surface area contributed by atoms with E-state index in [1.165, 1.54) is 25.7 Å². The van der Waals surface area contributed by atoms with Crippen molar-refractivity contribution in [2.24, 2.45) is 0 Å². The summed E-state index contributed by atoms with van der Waals surface area (Å²) in [6, 6.07) is 9.43. The maximum atomic E-state index is 12.0. The maximum absolute atomic E-state index is 12.0. The number of unbranched alkanes of at least 4 members (excludes halogenated alkanes) is 2. The van der Waals surface area contributed by atoms with Gasteiger partial charge in [-0.25, -0.2) is 0 Å². The molecule has 0 atom stereocenters. The van der Waals surface area contributed by atoms with Crippen LogP contribution in [0.5, 0.6) is 0 Å². The van der Waals surface area contributed by atoms with E-state index >= 15 is 0 Å². The summed E-state index contributed by atoms with van der Waals surface area (Å²) in [7, 11) is 0. The van der Waals surface area contributed by atoms with Crippen LogP contribution in [-0.4, -0.2) is 23.8 Å². The van der Waals surface area contributed by atoms with Gasteiger partial charge >= 0.3 is 0 Å². The SMILES string of the molecule is CCCCN(/C=C/C(=O)c1ccccc1)CCCC. The van der Waals surface area contributed by atoms with Crippen LogP contribution < -0.4 is 0 Å². The molecule has 104 valence electrons. The van der Waals surface area contributed by atoms with Crippen molar-refractivity contribution in [1.29, 1.82) is 0 Å². The first kappa shape index (κ1) is 15.5. The molecule has 0 saturated carbocycles. The third-order valence-corrected chi connectivity index (χ3v) is 3.09. The normalized spacial score (nSPS) is 10.8. The van der Waals surface area contributed by atoms with Crippen molar-refractivity contribution in [3.05, 3.63) is 48.2 Å². The van der Waals surface area contributed by atoms with E-state index in [1.54, 1.807) is 6.08 Å². The van der Waals surface area contributed by atoms with E-state index in [0.717, 1.165) is 18.7 Å². The largest absolute Gasteiger partial charge is 0.377 e. The van der Waals surface area contributed by atoms with E-state index < -0.39 is 0 Å². The van der Waals surface area contributed by atoms with Gasteiger partial charge in [-0.2, -0.15) is 0 Å². The number of allylic oxidation sites excluding steroid dienone is 1. The average Bonchev–Trinajstić information content (AvgIpc) is 2.47. The lowest BCUT2D eigenvalue weighted by molar-refractivity contribution is 0.104. The Morgan fingerprint density at radius 2 is 1.63 bits per heavy atom. The third-order valence-electron chi connectivity index (χ3n) is 3.09. The zero-order valence-electron chi connectivity index (χ0n) is 12.1. The van der Waals surface area contributed by atoms with Gasteiger partial charge in [0.15, 0.2) is 5.78 Å². The predicted octanol–water partition coefficient (Wildman–Crippen LogP) is 4.29. The summed E-state index contributed by atoms with van der Waals surface area (Å²) < 4.78 is 0. The first-order valence-electron chi connectivity index (χ1n) is 7.29. The second-order valence-corrected chi connectivity index (χ2v) is 4.79. The monoisotopic (exact) mass is 259 g/mol. The molecule has 0 saturated heterocycles. The molecule has 2 nitrogen and oxygen atoms in total. The van der Waals surface area contributed by atoms with Crippen molar-refractivity contribution in [3.8, 4) is 0 Å². The van der Waals surface area contributed by atoms with Crippen LogP contribution >= 0.6 is 0 Å². The van der Waals surface area contributed by atoms with Gasteiger partial charge < -0.3 is 4.90 Å². The van der Waals surface area contributed by atoms with Gasteiger partial charge in [0.05, 0.1) is 0 Å². The molecular weight excluding hydrogens is 234 g/mol. The highest BCUT2D eigenvalue weighted by Gasteiger charge is 2.02. The fourth-order valence-corrected chi connectivity index (χ4v) is 1.86. The Hall–Kier alpha value is -1.57. The zero-order valence-corrected chi connectivity index (χ0v) is 12.1. The van der Waals surface area contributed by atoms with Crippen LogP contribution in [0.25, 0.3) is 0 Å². The van der Waals surface area contributed by atoms with E-state index in [4.69, 9.17) is 0 Å². The Kier molecular flexibility index (Phi) is 7.64. The fraction of sp³-hybridized carbons (Fsp3) is 0.471. The molecule has 0 aliphatic carbocycles. The van der Waals surface area contributed by atoms with E-state index in [-0.39, 0.29) is 5.78 Å².